The highest BCUT2D eigenvalue weighted by molar-refractivity contribution is 5.78. The number of nitrogens with one attached hydrogen (secondary N) is 1. The van der Waals surface area contributed by atoms with Crippen LogP contribution in [0.15, 0.2) is 48.5 Å². The van der Waals surface area contributed by atoms with Crippen LogP contribution in [0.4, 0.5) is 8.78 Å². The molecule has 29 heavy (non-hydrogen) atoms. The summed E-state index contributed by atoms with van der Waals surface area (Å²) in [7, 11) is 1.65. The summed E-state index contributed by atoms with van der Waals surface area (Å²) in [5.41, 5.74) is 2.14. The summed E-state index contributed by atoms with van der Waals surface area (Å²) in [6.45, 7) is -1.07. The van der Waals surface area contributed by atoms with Crippen molar-refractivity contribution in [2.75, 3.05) is 26.7 Å². The van der Waals surface area contributed by atoms with Crippen LogP contribution in [0.3, 0.4) is 0 Å². The van der Waals surface area contributed by atoms with Gasteiger partial charge in [0.2, 0.25) is 5.91 Å². The minimum absolute atomic E-state index is 0.0111. The molecular weight excluding hydrogens is 378 g/mol. The maximum Gasteiger partial charge on any atom is 0.387 e. The predicted molar refractivity (Wildman–Crippen MR) is 106 cm³/mol. The van der Waals surface area contributed by atoms with E-state index < -0.39 is 6.61 Å². The van der Waals surface area contributed by atoms with E-state index in [0.717, 1.165) is 30.7 Å². The molecule has 2 aromatic carbocycles. The lowest BCUT2D eigenvalue weighted by Crippen LogP contribution is -2.37. The molecule has 0 spiro atoms. The third-order valence-electron chi connectivity index (χ3n) is 5.10. The van der Waals surface area contributed by atoms with Crippen molar-refractivity contribution >= 4 is 5.91 Å². The number of ether oxygens (including phenoxy) is 2. The first-order valence-electron chi connectivity index (χ1n) is 9.73. The molecule has 1 saturated heterocycles. The van der Waals surface area contributed by atoms with E-state index >= 15 is 0 Å². The number of hydrogen-bond donors (Lipinski definition) is 1. The quantitative estimate of drug-likeness (QED) is 0.691. The normalized spacial score (nSPS) is 16.8. The maximum absolute atomic E-state index is 12.4. The third kappa shape index (κ3) is 6.15. The zero-order chi connectivity index (χ0) is 20.6. The number of carbonyl (C=O) groups excluding carboxylic acids is 1. The second-order valence-corrected chi connectivity index (χ2v) is 7.02. The van der Waals surface area contributed by atoms with Gasteiger partial charge in [0, 0.05) is 12.6 Å². The first-order valence-corrected chi connectivity index (χ1v) is 9.73. The van der Waals surface area contributed by atoms with Crippen LogP contribution >= 0.6 is 0 Å². The minimum Gasteiger partial charge on any atom is -0.497 e. The molecule has 1 unspecified atom stereocenters. The van der Waals surface area contributed by atoms with E-state index in [0.29, 0.717) is 19.5 Å². The van der Waals surface area contributed by atoms with E-state index in [2.05, 4.69) is 27.1 Å². The maximum atomic E-state index is 12.4. The second-order valence-electron chi connectivity index (χ2n) is 7.02. The molecular formula is C22H26F2N2O3. The van der Waals surface area contributed by atoms with E-state index in [4.69, 9.17) is 4.74 Å². The first-order chi connectivity index (χ1) is 14.0. The van der Waals surface area contributed by atoms with Crippen molar-refractivity contribution in [3.05, 3.63) is 59.7 Å². The molecule has 0 aliphatic carbocycles. The molecule has 1 amide bonds. The van der Waals surface area contributed by atoms with Crippen molar-refractivity contribution in [2.45, 2.75) is 31.9 Å². The Kier molecular flexibility index (Phi) is 7.41. The largest absolute Gasteiger partial charge is 0.497 e. The SMILES string of the molecule is COc1ccc(C2CCCN2CC(=O)NCCc2ccc(OC(F)F)cc2)cc1. The number of carbonyl (C=O) groups is 1. The number of rotatable bonds is 9. The monoisotopic (exact) mass is 404 g/mol. The van der Waals surface area contributed by atoms with Crippen LogP contribution in [0.25, 0.3) is 0 Å². The van der Waals surface area contributed by atoms with Gasteiger partial charge in [-0.1, -0.05) is 24.3 Å². The molecule has 1 atom stereocenters. The molecule has 1 aliphatic heterocycles. The fourth-order valence-electron chi connectivity index (χ4n) is 3.64. The van der Waals surface area contributed by atoms with Gasteiger partial charge in [-0.2, -0.15) is 8.78 Å². The summed E-state index contributed by atoms with van der Waals surface area (Å²) in [5.74, 6) is 0.944. The molecule has 1 N–H and O–H groups in total. The number of methoxy groups -OCH3 is 1. The Labute approximate surface area is 169 Å². The van der Waals surface area contributed by atoms with Crippen LogP contribution in [-0.4, -0.2) is 44.2 Å². The van der Waals surface area contributed by atoms with Gasteiger partial charge in [0.1, 0.15) is 11.5 Å². The Morgan fingerprint density at radius 1 is 1.14 bits per heavy atom. The molecule has 1 aliphatic rings. The van der Waals surface area contributed by atoms with Crippen molar-refractivity contribution in [3.8, 4) is 11.5 Å². The summed E-state index contributed by atoms with van der Waals surface area (Å²) in [4.78, 5) is 14.6. The minimum atomic E-state index is -2.83. The van der Waals surface area contributed by atoms with E-state index in [9.17, 15) is 13.6 Å². The molecule has 2 aromatic rings. The van der Waals surface area contributed by atoms with Gasteiger partial charge in [-0.3, -0.25) is 9.69 Å². The van der Waals surface area contributed by atoms with E-state index in [1.807, 2.05) is 12.1 Å². The first kappa shape index (κ1) is 21.0. The van der Waals surface area contributed by atoms with Crippen molar-refractivity contribution in [2.24, 2.45) is 0 Å². The molecule has 1 heterocycles. The van der Waals surface area contributed by atoms with Crippen LogP contribution in [0.1, 0.15) is 30.0 Å². The number of hydrogen-bond acceptors (Lipinski definition) is 4. The van der Waals surface area contributed by atoms with Gasteiger partial charge in [-0.15, -0.1) is 0 Å². The lowest BCUT2D eigenvalue weighted by Gasteiger charge is -2.24. The summed E-state index contributed by atoms with van der Waals surface area (Å²) < 4.78 is 33.9. The highest BCUT2D eigenvalue weighted by Crippen LogP contribution is 2.32. The fraction of sp³-hybridized carbons (Fsp3) is 0.409. The molecule has 7 heteroatoms. The summed E-state index contributed by atoms with van der Waals surface area (Å²) in [6, 6.07) is 14.7. The Hall–Kier alpha value is -2.67. The molecule has 1 fully saturated rings. The molecule has 3 rings (SSSR count). The van der Waals surface area contributed by atoms with Crippen molar-refractivity contribution in [1.29, 1.82) is 0 Å². The molecule has 0 saturated carbocycles. The highest BCUT2D eigenvalue weighted by atomic mass is 19.3. The van der Waals surface area contributed by atoms with Gasteiger partial charge in [0.25, 0.3) is 0 Å². The predicted octanol–water partition coefficient (Wildman–Crippen LogP) is 3.79. The number of amides is 1. The molecule has 0 bridgehead atoms. The number of benzene rings is 2. The molecule has 0 aromatic heterocycles. The molecule has 5 nitrogen and oxygen atoms in total. The summed E-state index contributed by atoms with van der Waals surface area (Å²) >= 11 is 0. The van der Waals surface area contributed by atoms with Gasteiger partial charge >= 0.3 is 6.61 Å². The van der Waals surface area contributed by atoms with Crippen molar-refractivity contribution in [3.63, 3.8) is 0 Å². The van der Waals surface area contributed by atoms with Gasteiger partial charge < -0.3 is 14.8 Å². The van der Waals surface area contributed by atoms with Crippen molar-refractivity contribution in [1.82, 2.24) is 10.2 Å². The fourth-order valence-corrected chi connectivity index (χ4v) is 3.64. The van der Waals surface area contributed by atoms with Gasteiger partial charge in [0.15, 0.2) is 0 Å². The molecule has 0 radical (unpaired) electrons. The second kappa shape index (κ2) is 10.2. The Morgan fingerprint density at radius 3 is 2.48 bits per heavy atom. The zero-order valence-corrected chi connectivity index (χ0v) is 16.4. The van der Waals surface area contributed by atoms with Crippen LogP contribution in [0.2, 0.25) is 0 Å². The van der Waals surface area contributed by atoms with E-state index in [1.165, 1.54) is 17.7 Å². The lowest BCUT2D eigenvalue weighted by molar-refractivity contribution is -0.122. The number of halogens is 2. The number of nitrogens with zero attached hydrogens (tertiary/aromatic N) is 1. The van der Waals surface area contributed by atoms with Gasteiger partial charge in [-0.05, 0) is 61.2 Å². The van der Waals surface area contributed by atoms with Crippen LogP contribution in [0.5, 0.6) is 11.5 Å². The topological polar surface area (TPSA) is 50.8 Å². The summed E-state index contributed by atoms with van der Waals surface area (Å²) in [5, 5.41) is 2.94. The Balaban J connectivity index is 1.44. The lowest BCUT2D eigenvalue weighted by atomic mass is 10.0. The number of alkyl halides is 2. The van der Waals surface area contributed by atoms with Crippen molar-refractivity contribution < 1.29 is 23.0 Å². The Morgan fingerprint density at radius 2 is 1.83 bits per heavy atom. The standard InChI is InChI=1S/C22H26F2N2O3/c1-28-18-10-6-17(7-11-18)20-3-2-14-26(20)15-21(27)25-13-12-16-4-8-19(9-5-16)29-22(23)24/h4-11,20,22H,2-3,12-15H2,1H3,(H,25,27). The third-order valence-corrected chi connectivity index (χ3v) is 5.10. The average Bonchev–Trinajstić information content (AvgIpc) is 3.17. The van der Waals surface area contributed by atoms with Gasteiger partial charge in [0.05, 0.1) is 13.7 Å². The van der Waals surface area contributed by atoms with E-state index in [-0.39, 0.29) is 17.7 Å². The van der Waals surface area contributed by atoms with E-state index in [1.54, 1.807) is 19.2 Å². The number of likely N-dealkylation sites (tertiary alicyclic amines) is 1. The highest BCUT2D eigenvalue weighted by Gasteiger charge is 2.27. The Bertz CT molecular complexity index is 782. The van der Waals surface area contributed by atoms with Gasteiger partial charge in [-0.25, -0.2) is 0 Å². The van der Waals surface area contributed by atoms with Crippen LogP contribution in [0, 0.1) is 0 Å². The van der Waals surface area contributed by atoms with Crippen LogP contribution < -0.4 is 14.8 Å². The zero-order valence-electron chi connectivity index (χ0n) is 16.4. The summed E-state index contributed by atoms with van der Waals surface area (Å²) in [6.07, 6.45) is 2.73. The smallest absolute Gasteiger partial charge is 0.387 e. The molecule has 156 valence electrons. The van der Waals surface area contributed by atoms with Crippen LogP contribution in [-0.2, 0) is 11.2 Å². The average molecular weight is 404 g/mol.